The first-order chi connectivity index (χ1) is 23.1. The normalized spacial score (nSPS) is 11.7. The van der Waals surface area contributed by atoms with Gasteiger partial charge in [0.1, 0.15) is 11.5 Å². The lowest BCUT2D eigenvalue weighted by Crippen LogP contribution is -1.95. The maximum absolute atomic E-state index is 11.6. The number of phenolic OH excluding ortho intramolecular Hbond substituents is 2. The minimum atomic E-state index is 0.194. The van der Waals surface area contributed by atoms with Crippen molar-refractivity contribution < 1.29 is 10.2 Å². The predicted molar refractivity (Wildman–Crippen MR) is 200 cm³/mol. The number of benzene rings is 6. The zero-order chi connectivity index (χ0) is 32.3. The average molecular weight is 609 g/mol. The van der Waals surface area contributed by atoms with Gasteiger partial charge in [-0.25, -0.2) is 0 Å². The Morgan fingerprint density at radius 3 is 0.915 bits per heavy atom. The monoisotopic (exact) mass is 608 g/mol. The molecule has 0 amide bonds. The minimum Gasteiger partial charge on any atom is -0.507 e. The Morgan fingerprint density at radius 2 is 0.596 bits per heavy atom. The fourth-order valence-corrected chi connectivity index (χ4v) is 5.42. The van der Waals surface area contributed by atoms with Crippen molar-refractivity contribution in [3.8, 4) is 11.5 Å². The number of hydrogen-bond donors (Lipinski definition) is 2. The molecule has 0 heterocycles. The van der Waals surface area contributed by atoms with Crippen molar-refractivity contribution in [3.63, 3.8) is 0 Å². The van der Waals surface area contributed by atoms with E-state index in [1.54, 1.807) is 0 Å². The summed E-state index contributed by atoms with van der Waals surface area (Å²) in [6.45, 7) is 0. The van der Waals surface area contributed by atoms with E-state index in [4.69, 9.17) is 0 Å². The van der Waals surface area contributed by atoms with Crippen LogP contribution >= 0.6 is 0 Å². The van der Waals surface area contributed by atoms with Gasteiger partial charge < -0.3 is 10.2 Å². The molecular weight excluding hydrogens is 572 g/mol. The molecule has 228 valence electrons. The largest absolute Gasteiger partial charge is 0.507 e. The molecule has 0 atom stereocenters. The van der Waals surface area contributed by atoms with Crippen molar-refractivity contribution in [1.82, 2.24) is 0 Å². The van der Waals surface area contributed by atoms with Gasteiger partial charge in [-0.15, -0.1) is 0 Å². The lowest BCUT2D eigenvalue weighted by Gasteiger charge is -2.14. The standard InChI is InChI=1S/C45H36O2/c46-44-40(27-25-36-17-9-3-10-18-36)29-38(23-21-34-13-5-1-6-14-34)31-42(44)33-43-32-39(24-22-35-15-7-2-8-16-35)30-41(45(43)47)28-26-37-19-11-4-12-20-37/h1-32,46-47H,33H2. The second kappa shape index (κ2) is 15.2. The van der Waals surface area contributed by atoms with Crippen LogP contribution in [0.2, 0.25) is 0 Å². The van der Waals surface area contributed by atoms with Crippen molar-refractivity contribution in [3.05, 3.63) is 201 Å². The second-order valence-corrected chi connectivity index (χ2v) is 11.4. The molecular formula is C45H36O2. The molecule has 0 aliphatic carbocycles. The van der Waals surface area contributed by atoms with Crippen LogP contribution in [-0.4, -0.2) is 10.2 Å². The molecule has 47 heavy (non-hydrogen) atoms. The summed E-state index contributed by atoms with van der Waals surface area (Å²) in [5, 5.41) is 23.2. The van der Waals surface area contributed by atoms with Gasteiger partial charge in [-0.2, -0.15) is 0 Å². The number of phenols is 2. The van der Waals surface area contributed by atoms with Gasteiger partial charge in [-0.3, -0.25) is 0 Å². The smallest absolute Gasteiger partial charge is 0.126 e. The van der Waals surface area contributed by atoms with Gasteiger partial charge in [0.15, 0.2) is 0 Å². The summed E-state index contributed by atoms with van der Waals surface area (Å²) in [4.78, 5) is 0. The van der Waals surface area contributed by atoms with Crippen LogP contribution < -0.4 is 0 Å². The van der Waals surface area contributed by atoms with E-state index in [-0.39, 0.29) is 11.5 Å². The van der Waals surface area contributed by atoms with E-state index in [1.165, 1.54) is 0 Å². The highest BCUT2D eigenvalue weighted by atomic mass is 16.3. The molecule has 0 spiro atoms. The summed E-state index contributed by atoms with van der Waals surface area (Å²) >= 11 is 0. The van der Waals surface area contributed by atoms with Crippen molar-refractivity contribution in [1.29, 1.82) is 0 Å². The van der Waals surface area contributed by atoms with E-state index in [2.05, 4.69) is 48.6 Å². The van der Waals surface area contributed by atoms with Crippen LogP contribution in [0, 0.1) is 0 Å². The molecule has 2 N–H and O–H groups in total. The quantitative estimate of drug-likeness (QED) is 0.152. The number of aromatic hydroxyl groups is 2. The molecule has 0 radical (unpaired) electrons. The van der Waals surface area contributed by atoms with Crippen LogP contribution in [0.1, 0.15) is 55.6 Å². The van der Waals surface area contributed by atoms with E-state index < -0.39 is 0 Å². The summed E-state index contributed by atoms with van der Waals surface area (Å²) in [5.74, 6) is 0.389. The van der Waals surface area contributed by atoms with E-state index in [0.29, 0.717) is 17.5 Å². The highest BCUT2D eigenvalue weighted by Crippen LogP contribution is 2.34. The van der Waals surface area contributed by atoms with Crippen LogP contribution in [0.15, 0.2) is 146 Å². The molecule has 0 fully saturated rings. The first-order valence-corrected chi connectivity index (χ1v) is 15.7. The van der Waals surface area contributed by atoms with Gasteiger partial charge in [0, 0.05) is 17.5 Å². The number of rotatable bonds is 10. The average Bonchev–Trinajstić information content (AvgIpc) is 3.12. The topological polar surface area (TPSA) is 40.5 Å². The van der Waals surface area contributed by atoms with Crippen LogP contribution in [0.5, 0.6) is 11.5 Å². The molecule has 6 aromatic rings. The molecule has 0 aliphatic rings. The first-order valence-electron chi connectivity index (χ1n) is 15.7. The third-order valence-corrected chi connectivity index (χ3v) is 7.91. The van der Waals surface area contributed by atoms with Crippen molar-refractivity contribution in [2.45, 2.75) is 6.42 Å². The van der Waals surface area contributed by atoms with Crippen LogP contribution in [0.4, 0.5) is 0 Å². The SMILES string of the molecule is Oc1c(C=Cc2ccccc2)cc(C=Cc2ccccc2)cc1Cc1cc(C=Cc2ccccc2)cc(C=Cc2ccccc2)c1O. The van der Waals surface area contributed by atoms with Crippen molar-refractivity contribution in [2.75, 3.05) is 0 Å². The Balaban J connectivity index is 1.41. The molecule has 6 aromatic carbocycles. The molecule has 0 bridgehead atoms. The lowest BCUT2D eigenvalue weighted by molar-refractivity contribution is 0.461. The van der Waals surface area contributed by atoms with E-state index in [9.17, 15) is 10.2 Å². The lowest BCUT2D eigenvalue weighted by atomic mass is 9.94. The third-order valence-electron chi connectivity index (χ3n) is 7.91. The molecule has 0 aliphatic heterocycles. The van der Waals surface area contributed by atoms with Gasteiger partial charge in [0.25, 0.3) is 0 Å². The Morgan fingerprint density at radius 1 is 0.319 bits per heavy atom. The summed E-state index contributed by atoms with van der Waals surface area (Å²) < 4.78 is 0. The number of hydrogen-bond acceptors (Lipinski definition) is 2. The van der Waals surface area contributed by atoms with Gasteiger partial charge in [0.2, 0.25) is 0 Å². The fourth-order valence-electron chi connectivity index (χ4n) is 5.42. The molecule has 0 saturated heterocycles. The molecule has 0 saturated carbocycles. The van der Waals surface area contributed by atoms with Crippen molar-refractivity contribution in [2.24, 2.45) is 0 Å². The Kier molecular flexibility index (Phi) is 10.0. The fraction of sp³-hybridized carbons (Fsp3) is 0.0222. The molecule has 0 unspecified atom stereocenters. The summed E-state index contributed by atoms with van der Waals surface area (Å²) in [5.41, 5.74) is 9.06. The summed E-state index contributed by atoms with van der Waals surface area (Å²) in [6.07, 6.45) is 16.5. The highest BCUT2D eigenvalue weighted by Gasteiger charge is 2.14. The van der Waals surface area contributed by atoms with E-state index >= 15 is 0 Å². The molecule has 2 nitrogen and oxygen atoms in total. The van der Waals surface area contributed by atoms with Gasteiger partial charge in [-0.05, 0) is 68.8 Å². The van der Waals surface area contributed by atoms with Crippen LogP contribution in [-0.2, 0) is 6.42 Å². The maximum Gasteiger partial charge on any atom is 0.126 e. The Labute approximate surface area is 277 Å². The molecule has 2 heteroatoms. The second-order valence-electron chi connectivity index (χ2n) is 11.4. The van der Waals surface area contributed by atoms with Crippen LogP contribution in [0.3, 0.4) is 0 Å². The maximum atomic E-state index is 11.6. The van der Waals surface area contributed by atoms with Gasteiger partial charge >= 0.3 is 0 Å². The molecule has 0 aromatic heterocycles. The Hall–Kier alpha value is -6.12. The minimum absolute atomic E-state index is 0.194. The zero-order valence-corrected chi connectivity index (χ0v) is 26.1. The summed E-state index contributed by atoms with van der Waals surface area (Å²) in [6, 6.07) is 48.4. The predicted octanol–water partition coefficient (Wildman–Crippen LogP) is 11.4. The summed E-state index contributed by atoms with van der Waals surface area (Å²) in [7, 11) is 0. The Bertz CT molecular complexity index is 1890. The zero-order valence-electron chi connectivity index (χ0n) is 26.1. The van der Waals surface area contributed by atoms with Gasteiger partial charge in [-0.1, -0.05) is 170 Å². The van der Waals surface area contributed by atoms with E-state index in [0.717, 1.165) is 44.5 Å². The first kappa shape index (κ1) is 30.9. The van der Waals surface area contributed by atoms with Gasteiger partial charge in [0.05, 0.1) is 0 Å². The van der Waals surface area contributed by atoms with E-state index in [1.807, 2.05) is 146 Å². The highest BCUT2D eigenvalue weighted by molar-refractivity contribution is 5.80. The van der Waals surface area contributed by atoms with Crippen LogP contribution in [0.25, 0.3) is 48.6 Å². The third kappa shape index (κ3) is 8.54. The van der Waals surface area contributed by atoms with Crippen molar-refractivity contribution >= 4 is 48.6 Å². The molecule has 6 rings (SSSR count).